The Labute approximate surface area is 212 Å². The van der Waals surface area contributed by atoms with Gasteiger partial charge in [-0.15, -0.1) is 0 Å². The Bertz CT molecular complexity index is 1560. The van der Waals surface area contributed by atoms with Gasteiger partial charge in [0.2, 0.25) is 11.8 Å². The summed E-state index contributed by atoms with van der Waals surface area (Å²) in [5.74, 6) is 1.16. The molecule has 2 aliphatic rings. The van der Waals surface area contributed by atoms with E-state index in [1.54, 1.807) is 42.0 Å². The van der Waals surface area contributed by atoms with E-state index in [2.05, 4.69) is 20.4 Å². The van der Waals surface area contributed by atoms with Crippen LogP contribution in [0.15, 0.2) is 36.7 Å². The first-order chi connectivity index (χ1) is 17.7. The third-order valence-corrected chi connectivity index (χ3v) is 7.30. The molecule has 9 nitrogen and oxygen atoms in total. The van der Waals surface area contributed by atoms with Crippen molar-refractivity contribution in [2.75, 3.05) is 25.5 Å². The van der Waals surface area contributed by atoms with Gasteiger partial charge in [-0.1, -0.05) is 0 Å². The number of aliphatic hydroxyl groups is 1. The highest BCUT2D eigenvalue weighted by Crippen LogP contribution is 2.42. The number of pyridine rings is 2. The van der Waals surface area contributed by atoms with Gasteiger partial charge in [-0.05, 0) is 43.0 Å². The van der Waals surface area contributed by atoms with Crippen LogP contribution in [0.25, 0.3) is 21.9 Å². The van der Waals surface area contributed by atoms with Crippen LogP contribution >= 0.6 is 0 Å². The van der Waals surface area contributed by atoms with Crippen LogP contribution < -0.4 is 10.1 Å². The average molecular weight is 503 g/mol. The van der Waals surface area contributed by atoms with Gasteiger partial charge >= 0.3 is 0 Å². The number of benzene rings is 1. The molecule has 190 valence electrons. The minimum atomic E-state index is -1.10. The number of hydrogen-bond acceptors (Lipinski definition) is 7. The molecule has 0 fully saturated rings. The lowest BCUT2D eigenvalue weighted by molar-refractivity contribution is -0.130. The summed E-state index contributed by atoms with van der Waals surface area (Å²) >= 11 is 0. The summed E-state index contributed by atoms with van der Waals surface area (Å²) in [4.78, 5) is 22.7. The first-order valence-corrected chi connectivity index (χ1v) is 12.2. The van der Waals surface area contributed by atoms with Crippen LogP contribution in [0.2, 0.25) is 0 Å². The SMILES string of the molecule is Cc1c(-c2cc3cc(Nc4cc5n(n4)CC(=O)N(C)CC5)ncc3cc2F)cnc2c1[C@@](C)(O)CCO2. The minimum absolute atomic E-state index is 0.0202. The van der Waals surface area contributed by atoms with Gasteiger partial charge < -0.3 is 20.1 Å². The van der Waals surface area contributed by atoms with Gasteiger partial charge in [-0.2, -0.15) is 5.10 Å². The summed E-state index contributed by atoms with van der Waals surface area (Å²) in [6, 6.07) is 6.98. The van der Waals surface area contributed by atoms with Crippen molar-refractivity contribution in [3.63, 3.8) is 0 Å². The number of hydrogen-bond donors (Lipinski definition) is 2. The minimum Gasteiger partial charge on any atom is -0.477 e. The Morgan fingerprint density at radius 3 is 2.78 bits per heavy atom. The number of carbonyl (C=O) groups is 1. The molecule has 10 heteroatoms. The molecule has 2 N–H and O–H groups in total. The molecule has 0 saturated carbocycles. The molecular formula is C27H27FN6O3. The summed E-state index contributed by atoms with van der Waals surface area (Å²) in [5.41, 5.74) is 2.19. The highest BCUT2D eigenvalue weighted by Gasteiger charge is 2.35. The zero-order valence-electron chi connectivity index (χ0n) is 20.9. The Kier molecular flexibility index (Phi) is 5.38. The molecule has 2 aliphatic heterocycles. The smallest absolute Gasteiger partial charge is 0.244 e. The van der Waals surface area contributed by atoms with Crippen LogP contribution in [0.1, 0.15) is 30.2 Å². The van der Waals surface area contributed by atoms with Crippen molar-refractivity contribution in [3.05, 3.63) is 59.3 Å². The van der Waals surface area contributed by atoms with E-state index in [1.807, 2.05) is 19.1 Å². The number of anilines is 2. The van der Waals surface area contributed by atoms with Crippen LogP contribution in [-0.2, 0) is 23.4 Å². The second kappa shape index (κ2) is 8.52. The van der Waals surface area contributed by atoms with E-state index in [0.717, 1.165) is 23.1 Å². The van der Waals surface area contributed by atoms with Crippen molar-refractivity contribution in [2.24, 2.45) is 0 Å². The zero-order chi connectivity index (χ0) is 25.9. The van der Waals surface area contributed by atoms with E-state index in [4.69, 9.17) is 4.74 Å². The molecule has 1 atom stereocenters. The predicted molar refractivity (Wildman–Crippen MR) is 136 cm³/mol. The first kappa shape index (κ1) is 23.4. The number of ether oxygens (including phenoxy) is 1. The molecule has 0 aliphatic carbocycles. The Morgan fingerprint density at radius 2 is 1.95 bits per heavy atom. The number of nitrogens with one attached hydrogen (secondary N) is 1. The van der Waals surface area contributed by atoms with E-state index < -0.39 is 11.4 Å². The number of halogens is 1. The Balaban J connectivity index is 1.35. The van der Waals surface area contributed by atoms with Gasteiger partial charge in [0, 0.05) is 72.7 Å². The van der Waals surface area contributed by atoms with E-state index in [9.17, 15) is 9.90 Å². The highest BCUT2D eigenvalue weighted by molar-refractivity contribution is 5.89. The molecule has 0 radical (unpaired) electrons. The van der Waals surface area contributed by atoms with Crippen molar-refractivity contribution in [1.29, 1.82) is 0 Å². The lowest BCUT2D eigenvalue weighted by Crippen LogP contribution is -2.31. The second-order valence-corrected chi connectivity index (χ2v) is 9.97. The molecule has 3 aromatic heterocycles. The Hall–Kier alpha value is -4.05. The number of carbonyl (C=O) groups excluding carboxylic acids is 1. The highest BCUT2D eigenvalue weighted by atomic mass is 19.1. The number of aromatic nitrogens is 4. The largest absolute Gasteiger partial charge is 0.477 e. The molecule has 1 amide bonds. The molecule has 0 bridgehead atoms. The van der Waals surface area contributed by atoms with E-state index in [-0.39, 0.29) is 12.5 Å². The van der Waals surface area contributed by atoms with E-state index in [1.165, 1.54) is 6.07 Å². The molecule has 37 heavy (non-hydrogen) atoms. The van der Waals surface area contributed by atoms with Crippen LogP contribution in [0, 0.1) is 12.7 Å². The molecule has 0 spiro atoms. The van der Waals surface area contributed by atoms with Gasteiger partial charge in [0.05, 0.1) is 12.2 Å². The first-order valence-electron chi connectivity index (χ1n) is 12.2. The van der Waals surface area contributed by atoms with Crippen molar-refractivity contribution in [3.8, 4) is 17.0 Å². The number of fused-ring (bicyclic) bond motifs is 3. The quantitative estimate of drug-likeness (QED) is 0.440. The van der Waals surface area contributed by atoms with Crippen LogP contribution in [0.3, 0.4) is 0 Å². The van der Waals surface area contributed by atoms with Crippen LogP contribution in [0.4, 0.5) is 16.0 Å². The average Bonchev–Trinajstić information content (AvgIpc) is 3.17. The lowest BCUT2D eigenvalue weighted by Gasteiger charge is -2.32. The van der Waals surface area contributed by atoms with E-state index >= 15 is 4.39 Å². The standard InChI is InChI=1S/C27H27FN6O3/c1-15-20(13-30-26-25(15)27(2,36)5-7-37-26)19-8-16-10-22(29-12-17(16)9-21(19)28)31-23-11-18-4-6-33(3)24(35)14-34(18)32-23/h8-13,36H,4-7,14H2,1-3H3,(H,29,31,32)/t27-/m0/s1. The molecule has 4 aromatic rings. The molecule has 0 unspecified atom stereocenters. The monoisotopic (exact) mass is 502 g/mol. The van der Waals surface area contributed by atoms with Gasteiger partial charge in [0.15, 0.2) is 5.82 Å². The molecule has 6 rings (SSSR count). The number of amides is 1. The fraction of sp³-hybridized carbons (Fsp3) is 0.333. The molecular weight excluding hydrogens is 475 g/mol. The van der Waals surface area contributed by atoms with Crippen molar-refractivity contribution in [2.45, 2.75) is 38.8 Å². The van der Waals surface area contributed by atoms with Gasteiger partial charge in [-0.3, -0.25) is 9.48 Å². The van der Waals surface area contributed by atoms with E-state index in [0.29, 0.717) is 59.2 Å². The summed E-state index contributed by atoms with van der Waals surface area (Å²) in [5, 5.41) is 20.1. The summed E-state index contributed by atoms with van der Waals surface area (Å²) in [7, 11) is 1.79. The number of nitrogens with zero attached hydrogens (tertiary/aromatic N) is 5. The number of likely N-dealkylation sites (N-methyl/N-ethyl adjacent to an activating group) is 1. The Morgan fingerprint density at radius 1 is 1.11 bits per heavy atom. The summed E-state index contributed by atoms with van der Waals surface area (Å²) < 4.78 is 22.6. The maximum absolute atomic E-state index is 15.3. The molecule has 5 heterocycles. The second-order valence-electron chi connectivity index (χ2n) is 9.97. The fourth-order valence-corrected chi connectivity index (χ4v) is 5.15. The van der Waals surface area contributed by atoms with Crippen molar-refractivity contribution >= 4 is 28.3 Å². The predicted octanol–water partition coefficient (Wildman–Crippen LogP) is 3.69. The van der Waals surface area contributed by atoms with Gasteiger partial charge in [0.1, 0.15) is 18.2 Å². The maximum atomic E-state index is 15.3. The fourth-order valence-electron chi connectivity index (χ4n) is 5.15. The maximum Gasteiger partial charge on any atom is 0.244 e. The third-order valence-electron chi connectivity index (χ3n) is 7.30. The van der Waals surface area contributed by atoms with Crippen LogP contribution in [0.5, 0.6) is 5.88 Å². The lowest BCUT2D eigenvalue weighted by atomic mass is 9.85. The summed E-state index contributed by atoms with van der Waals surface area (Å²) in [6.45, 7) is 4.81. The molecule has 1 aromatic carbocycles. The van der Waals surface area contributed by atoms with Crippen molar-refractivity contribution < 1.29 is 19.0 Å². The van der Waals surface area contributed by atoms with Crippen molar-refractivity contribution in [1.82, 2.24) is 24.6 Å². The normalized spacial score (nSPS) is 19.3. The number of rotatable bonds is 3. The van der Waals surface area contributed by atoms with Gasteiger partial charge in [0.25, 0.3) is 0 Å². The van der Waals surface area contributed by atoms with Crippen LogP contribution in [-0.4, -0.2) is 55.9 Å². The topological polar surface area (TPSA) is 105 Å². The molecule has 0 saturated heterocycles. The third kappa shape index (κ3) is 4.07. The van der Waals surface area contributed by atoms with Gasteiger partial charge in [-0.25, -0.2) is 14.4 Å². The summed E-state index contributed by atoms with van der Waals surface area (Å²) in [6.07, 6.45) is 4.36. The zero-order valence-corrected chi connectivity index (χ0v) is 20.9.